The zero-order valence-corrected chi connectivity index (χ0v) is 20.6. The van der Waals surface area contributed by atoms with E-state index in [2.05, 4.69) is 128 Å². The van der Waals surface area contributed by atoms with Gasteiger partial charge < -0.3 is 0 Å². The molecule has 0 saturated heterocycles. The standard InChI is InChI=1S/C8H13Si.3C6H5.Sn/c1-9(2,3)8-6-4-5-7-8;3*1-2-4-6-5-3-1;/h4-8H,1H2,2-3H3;3*1-5H;. The summed E-state index contributed by atoms with van der Waals surface area (Å²) in [5.74, 6) is 0. The fourth-order valence-corrected chi connectivity index (χ4v) is 36.5. The first-order chi connectivity index (χ1) is 13.6. The maximum absolute atomic E-state index is 3.16. The van der Waals surface area contributed by atoms with Crippen molar-refractivity contribution < 1.29 is 0 Å². The van der Waals surface area contributed by atoms with Gasteiger partial charge in [-0.3, -0.25) is 0 Å². The van der Waals surface area contributed by atoms with Gasteiger partial charge in [0.15, 0.2) is 0 Å². The average molecular weight is 487 g/mol. The maximum atomic E-state index is 2.60. The molecule has 2 heteroatoms. The molecule has 3 aromatic carbocycles. The predicted molar refractivity (Wildman–Crippen MR) is 128 cm³/mol. The Balaban J connectivity index is 1.96. The number of hydrogen-bond acceptors (Lipinski definition) is 0. The Morgan fingerprint density at radius 2 is 0.964 bits per heavy atom. The van der Waals surface area contributed by atoms with Crippen molar-refractivity contribution in [3.63, 3.8) is 0 Å². The van der Waals surface area contributed by atoms with Crippen LogP contribution in [0.3, 0.4) is 0 Å². The molecule has 0 radical (unpaired) electrons. The van der Waals surface area contributed by atoms with Gasteiger partial charge >= 0.3 is 175 Å². The van der Waals surface area contributed by atoms with Crippen LogP contribution in [-0.2, 0) is 0 Å². The van der Waals surface area contributed by atoms with Crippen LogP contribution in [0.4, 0.5) is 0 Å². The van der Waals surface area contributed by atoms with Crippen LogP contribution in [0.1, 0.15) is 0 Å². The Bertz CT molecular complexity index is 850. The predicted octanol–water partition coefficient (Wildman–Crippen LogP) is 4.90. The molecule has 1 aliphatic rings. The van der Waals surface area contributed by atoms with E-state index < -0.39 is 26.5 Å². The molecule has 1 aliphatic carbocycles. The van der Waals surface area contributed by atoms with E-state index in [1.807, 2.05) is 0 Å². The molecule has 0 N–H and O–H groups in total. The molecule has 0 aromatic heterocycles. The molecule has 28 heavy (non-hydrogen) atoms. The van der Waals surface area contributed by atoms with E-state index in [4.69, 9.17) is 0 Å². The zero-order chi connectivity index (χ0) is 19.5. The van der Waals surface area contributed by atoms with Gasteiger partial charge in [0.25, 0.3) is 0 Å². The van der Waals surface area contributed by atoms with Crippen molar-refractivity contribution in [1.82, 2.24) is 0 Å². The molecule has 3 aromatic rings. The average Bonchev–Trinajstić information content (AvgIpc) is 3.30. The normalized spacial score (nSPS) is 14.5. The summed E-state index contributed by atoms with van der Waals surface area (Å²) < 4.78 is 6.17. The first kappa shape index (κ1) is 19.5. The summed E-state index contributed by atoms with van der Waals surface area (Å²) in [6, 6.07) is 34.3. The molecule has 0 bridgehead atoms. The van der Waals surface area contributed by atoms with Gasteiger partial charge in [0, 0.05) is 0 Å². The quantitative estimate of drug-likeness (QED) is 0.434. The van der Waals surface area contributed by atoms with Crippen LogP contribution in [0, 0.1) is 0 Å². The zero-order valence-electron chi connectivity index (χ0n) is 16.8. The second-order valence-electron chi connectivity index (χ2n) is 8.46. The van der Waals surface area contributed by atoms with Crippen LogP contribution in [0.5, 0.6) is 0 Å². The molecule has 0 aliphatic heterocycles. The monoisotopic (exact) mass is 488 g/mol. The van der Waals surface area contributed by atoms with Crippen molar-refractivity contribution in [3.05, 3.63) is 115 Å². The van der Waals surface area contributed by atoms with E-state index in [0.29, 0.717) is 5.54 Å². The number of allylic oxidation sites excluding steroid dienone is 4. The van der Waals surface area contributed by atoms with Gasteiger partial charge in [-0.15, -0.1) is 0 Å². The minimum absolute atomic E-state index is 0.639. The van der Waals surface area contributed by atoms with Gasteiger partial charge in [-0.2, -0.15) is 0 Å². The Morgan fingerprint density at radius 1 is 0.607 bits per heavy atom. The van der Waals surface area contributed by atoms with Gasteiger partial charge in [0.2, 0.25) is 0 Å². The third-order valence-electron chi connectivity index (χ3n) is 6.17. The summed E-state index contributed by atoms with van der Waals surface area (Å²) in [5.41, 5.74) is 0.639. The summed E-state index contributed by atoms with van der Waals surface area (Å²) >= 11 is -3.16. The Hall–Kier alpha value is -1.84. The van der Waals surface area contributed by atoms with E-state index >= 15 is 0 Å². The molecule has 0 heterocycles. The molecule has 0 unspecified atom stereocenters. The van der Waals surface area contributed by atoms with Gasteiger partial charge in [-0.25, -0.2) is 0 Å². The molecule has 4 rings (SSSR count). The Labute approximate surface area is 174 Å². The summed E-state index contributed by atoms with van der Waals surface area (Å²) in [4.78, 5) is 0. The van der Waals surface area contributed by atoms with Crippen LogP contribution in [0.2, 0.25) is 22.7 Å². The Morgan fingerprint density at radius 3 is 1.32 bits per heavy atom. The molecule has 0 nitrogen and oxygen atoms in total. The second kappa shape index (κ2) is 8.26. The van der Waals surface area contributed by atoms with Crippen LogP contribution in [0.15, 0.2) is 115 Å². The second-order valence-corrected chi connectivity index (χ2v) is 26.6. The molecule has 0 saturated carbocycles. The number of rotatable bonds is 6. The van der Waals surface area contributed by atoms with Crippen molar-refractivity contribution in [1.29, 1.82) is 0 Å². The van der Waals surface area contributed by atoms with Gasteiger partial charge in [-0.1, -0.05) is 0 Å². The van der Waals surface area contributed by atoms with Gasteiger partial charge in [0.1, 0.15) is 0 Å². The fraction of sp³-hybridized carbons (Fsp3) is 0.154. The summed E-state index contributed by atoms with van der Waals surface area (Å²) in [6.07, 6.45) is 9.35. The van der Waals surface area contributed by atoms with E-state index in [9.17, 15) is 0 Å². The third-order valence-corrected chi connectivity index (χ3v) is 33.4. The SMILES string of the molecule is C[Si](C)([CH2][Sn]([c]1ccccc1)([c]1ccccc1)[c]1ccccc1)C1C=CC=C1. The fourth-order valence-electron chi connectivity index (χ4n) is 4.73. The third kappa shape index (κ3) is 3.70. The first-order valence-corrected chi connectivity index (χ1v) is 19.7. The molecule has 0 amide bonds. The summed E-state index contributed by atoms with van der Waals surface area (Å²) in [7, 11) is -1.53. The minimum atomic E-state index is -3.16. The van der Waals surface area contributed by atoms with Crippen molar-refractivity contribution in [2.45, 2.75) is 22.7 Å². The van der Waals surface area contributed by atoms with E-state index in [1.165, 1.54) is 4.06 Å². The van der Waals surface area contributed by atoms with Crippen LogP contribution in [-0.4, -0.2) is 26.5 Å². The van der Waals surface area contributed by atoms with Crippen molar-refractivity contribution in [2.75, 3.05) is 0 Å². The number of hydrogen-bond donors (Lipinski definition) is 0. The number of benzene rings is 3. The van der Waals surface area contributed by atoms with Crippen LogP contribution in [0.25, 0.3) is 0 Å². The molecule has 0 fully saturated rings. The van der Waals surface area contributed by atoms with E-state index in [-0.39, 0.29) is 0 Å². The molecular formula is C26H28SiSn. The van der Waals surface area contributed by atoms with Gasteiger partial charge in [0.05, 0.1) is 0 Å². The molecule has 0 spiro atoms. The summed E-state index contributed by atoms with van der Waals surface area (Å²) in [5, 5.41) is 0. The van der Waals surface area contributed by atoms with Crippen molar-refractivity contribution in [3.8, 4) is 0 Å². The molecule has 0 atom stereocenters. The Kier molecular flexibility index (Phi) is 5.74. The van der Waals surface area contributed by atoms with Gasteiger partial charge in [-0.05, 0) is 0 Å². The first-order valence-electron chi connectivity index (χ1n) is 10.1. The van der Waals surface area contributed by atoms with Crippen LogP contribution >= 0.6 is 0 Å². The van der Waals surface area contributed by atoms with Crippen molar-refractivity contribution >= 4 is 37.2 Å². The van der Waals surface area contributed by atoms with E-state index in [0.717, 1.165) is 0 Å². The van der Waals surface area contributed by atoms with Crippen LogP contribution < -0.4 is 10.7 Å². The molecular weight excluding hydrogens is 459 g/mol. The molecule has 140 valence electrons. The topological polar surface area (TPSA) is 0 Å². The van der Waals surface area contributed by atoms with Crippen molar-refractivity contribution in [2.24, 2.45) is 0 Å². The van der Waals surface area contributed by atoms with E-state index in [1.54, 1.807) is 10.7 Å². The summed E-state index contributed by atoms with van der Waals surface area (Å²) in [6.45, 7) is 5.19.